The molecule has 0 heterocycles. The standard InChI is InChI=1S/C12H15ClN2/c1-3-9(2)12(8-14)15-11-6-4-10(13)5-7-11/h4-7,9,12,15H,3H2,1-2H3. The fourth-order valence-electron chi connectivity index (χ4n) is 1.26. The normalized spacial score (nSPS) is 14.0. The van der Waals surface area contributed by atoms with Crippen molar-refractivity contribution in [1.29, 1.82) is 5.26 Å². The second-order valence-electron chi connectivity index (χ2n) is 3.64. The van der Waals surface area contributed by atoms with E-state index in [4.69, 9.17) is 16.9 Å². The highest BCUT2D eigenvalue weighted by molar-refractivity contribution is 6.30. The zero-order chi connectivity index (χ0) is 11.3. The number of nitrogens with one attached hydrogen (secondary N) is 1. The molecule has 0 saturated heterocycles. The maximum Gasteiger partial charge on any atom is 0.117 e. The highest BCUT2D eigenvalue weighted by atomic mass is 35.5. The molecule has 0 aliphatic carbocycles. The minimum Gasteiger partial charge on any atom is -0.370 e. The van der Waals surface area contributed by atoms with Crippen molar-refractivity contribution in [3.63, 3.8) is 0 Å². The molecule has 1 N–H and O–H groups in total. The summed E-state index contributed by atoms with van der Waals surface area (Å²) in [4.78, 5) is 0. The second kappa shape index (κ2) is 5.63. The van der Waals surface area contributed by atoms with Crippen LogP contribution in [0.4, 0.5) is 5.69 Å². The van der Waals surface area contributed by atoms with Gasteiger partial charge in [-0.1, -0.05) is 31.9 Å². The molecule has 15 heavy (non-hydrogen) atoms. The van der Waals surface area contributed by atoms with Crippen LogP contribution in [-0.4, -0.2) is 6.04 Å². The molecule has 1 aromatic rings. The maximum atomic E-state index is 9.00. The van der Waals surface area contributed by atoms with E-state index in [0.29, 0.717) is 10.9 Å². The van der Waals surface area contributed by atoms with Crippen LogP contribution in [0.15, 0.2) is 24.3 Å². The molecular weight excluding hydrogens is 208 g/mol. The minimum atomic E-state index is -0.142. The van der Waals surface area contributed by atoms with Gasteiger partial charge in [-0.25, -0.2) is 0 Å². The van der Waals surface area contributed by atoms with Crippen LogP contribution in [0.25, 0.3) is 0 Å². The Morgan fingerprint density at radius 2 is 2.00 bits per heavy atom. The number of benzene rings is 1. The van der Waals surface area contributed by atoms with Crippen molar-refractivity contribution in [1.82, 2.24) is 0 Å². The van der Waals surface area contributed by atoms with Crippen LogP contribution in [0.5, 0.6) is 0 Å². The number of anilines is 1. The number of nitrogens with zero attached hydrogens (tertiary/aromatic N) is 1. The Morgan fingerprint density at radius 3 is 2.47 bits per heavy atom. The molecule has 0 saturated carbocycles. The molecule has 0 aliphatic heterocycles. The van der Waals surface area contributed by atoms with E-state index < -0.39 is 0 Å². The van der Waals surface area contributed by atoms with Gasteiger partial charge in [-0.05, 0) is 30.2 Å². The quantitative estimate of drug-likeness (QED) is 0.844. The number of hydrogen-bond acceptors (Lipinski definition) is 2. The summed E-state index contributed by atoms with van der Waals surface area (Å²) in [6, 6.07) is 9.53. The van der Waals surface area contributed by atoms with Crippen LogP contribution in [0.2, 0.25) is 5.02 Å². The summed E-state index contributed by atoms with van der Waals surface area (Å²) in [5.41, 5.74) is 0.936. The molecule has 1 rings (SSSR count). The topological polar surface area (TPSA) is 35.8 Å². The third kappa shape index (κ3) is 3.45. The van der Waals surface area contributed by atoms with E-state index in [1.54, 1.807) is 0 Å². The molecule has 0 spiro atoms. The molecular formula is C12H15ClN2. The van der Waals surface area contributed by atoms with E-state index in [2.05, 4.69) is 25.2 Å². The molecule has 3 heteroatoms. The van der Waals surface area contributed by atoms with Gasteiger partial charge in [0.2, 0.25) is 0 Å². The summed E-state index contributed by atoms with van der Waals surface area (Å²) in [7, 11) is 0. The Labute approximate surface area is 95.9 Å². The van der Waals surface area contributed by atoms with Crippen LogP contribution < -0.4 is 5.32 Å². The smallest absolute Gasteiger partial charge is 0.117 e. The predicted octanol–water partition coefficient (Wildman–Crippen LogP) is 3.69. The van der Waals surface area contributed by atoms with Crippen molar-refractivity contribution in [3.05, 3.63) is 29.3 Å². The summed E-state index contributed by atoms with van der Waals surface area (Å²) in [5, 5.41) is 12.9. The molecule has 0 aromatic heterocycles. The van der Waals surface area contributed by atoms with Gasteiger partial charge < -0.3 is 5.32 Å². The highest BCUT2D eigenvalue weighted by Crippen LogP contribution is 2.17. The molecule has 2 atom stereocenters. The van der Waals surface area contributed by atoms with Gasteiger partial charge in [0.25, 0.3) is 0 Å². The summed E-state index contributed by atoms with van der Waals surface area (Å²) in [6.45, 7) is 4.15. The van der Waals surface area contributed by atoms with Crippen molar-refractivity contribution in [2.24, 2.45) is 5.92 Å². The largest absolute Gasteiger partial charge is 0.370 e. The third-order valence-corrected chi connectivity index (χ3v) is 2.77. The van der Waals surface area contributed by atoms with Gasteiger partial charge in [-0.2, -0.15) is 5.26 Å². The van der Waals surface area contributed by atoms with Crippen molar-refractivity contribution < 1.29 is 0 Å². The van der Waals surface area contributed by atoms with E-state index >= 15 is 0 Å². The number of nitriles is 1. The first-order chi connectivity index (χ1) is 7.17. The van der Waals surface area contributed by atoms with Crippen LogP contribution in [0.3, 0.4) is 0 Å². The van der Waals surface area contributed by atoms with E-state index in [9.17, 15) is 0 Å². The molecule has 0 amide bonds. The molecule has 2 nitrogen and oxygen atoms in total. The molecule has 2 unspecified atom stereocenters. The zero-order valence-electron chi connectivity index (χ0n) is 9.00. The summed E-state index contributed by atoms with van der Waals surface area (Å²) < 4.78 is 0. The molecule has 80 valence electrons. The maximum absolute atomic E-state index is 9.00. The van der Waals surface area contributed by atoms with Crippen molar-refractivity contribution in [2.75, 3.05) is 5.32 Å². The van der Waals surface area contributed by atoms with Crippen LogP contribution in [0, 0.1) is 17.2 Å². The summed E-state index contributed by atoms with van der Waals surface area (Å²) in [5.74, 6) is 0.339. The first kappa shape index (κ1) is 11.9. The summed E-state index contributed by atoms with van der Waals surface area (Å²) >= 11 is 5.78. The Hall–Kier alpha value is -1.20. The first-order valence-corrected chi connectivity index (χ1v) is 5.47. The Bertz CT molecular complexity index is 340. The molecule has 0 radical (unpaired) electrons. The SMILES string of the molecule is CCC(C)C(C#N)Nc1ccc(Cl)cc1. The molecule has 0 aliphatic rings. The van der Waals surface area contributed by atoms with Gasteiger partial charge in [0.15, 0.2) is 0 Å². The lowest BCUT2D eigenvalue weighted by Gasteiger charge is -2.18. The fourth-order valence-corrected chi connectivity index (χ4v) is 1.39. The Morgan fingerprint density at radius 1 is 1.40 bits per heavy atom. The van der Waals surface area contributed by atoms with Gasteiger partial charge >= 0.3 is 0 Å². The Balaban J connectivity index is 2.68. The minimum absolute atomic E-state index is 0.142. The molecule has 0 bridgehead atoms. The number of rotatable bonds is 4. The van der Waals surface area contributed by atoms with Gasteiger partial charge in [0, 0.05) is 10.7 Å². The number of hydrogen-bond donors (Lipinski definition) is 1. The Kier molecular flexibility index (Phi) is 4.45. The van der Waals surface area contributed by atoms with E-state index in [-0.39, 0.29) is 6.04 Å². The van der Waals surface area contributed by atoms with Crippen LogP contribution in [0.1, 0.15) is 20.3 Å². The molecule has 1 aromatic carbocycles. The highest BCUT2D eigenvalue weighted by Gasteiger charge is 2.14. The van der Waals surface area contributed by atoms with Gasteiger partial charge in [0.05, 0.1) is 6.07 Å². The lowest BCUT2D eigenvalue weighted by molar-refractivity contribution is 0.533. The van der Waals surface area contributed by atoms with Crippen molar-refractivity contribution in [2.45, 2.75) is 26.3 Å². The average molecular weight is 223 g/mol. The first-order valence-electron chi connectivity index (χ1n) is 5.09. The van der Waals surface area contributed by atoms with Crippen LogP contribution >= 0.6 is 11.6 Å². The third-order valence-electron chi connectivity index (χ3n) is 2.52. The summed E-state index contributed by atoms with van der Waals surface area (Å²) in [6.07, 6.45) is 0.985. The monoisotopic (exact) mass is 222 g/mol. The van der Waals surface area contributed by atoms with Crippen LogP contribution in [-0.2, 0) is 0 Å². The lowest BCUT2D eigenvalue weighted by Crippen LogP contribution is -2.24. The van der Waals surface area contributed by atoms with E-state index in [1.165, 1.54) is 0 Å². The van der Waals surface area contributed by atoms with Crippen molar-refractivity contribution >= 4 is 17.3 Å². The number of halogens is 1. The zero-order valence-corrected chi connectivity index (χ0v) is 9.75. The van der Waals surface area contributed by atoms with E-state index in [0.717, 1.165) is 12.1 Å². The lowest BCUT2D eigenvalue weighted by atomic mass is 10.0. The fraction of sp³-hybridized carbons (Fsp3) is 0.417. The van der Waals surface area contributed by atoms with Gasteiger partial charge in [0.1, 0.15) is 6.04 Å². The predicted molar refractivity (Wildman–Crippen MR) is 63.9 cm³/mol. The van der Waals surface area contributed by atoms with E-state index in [1.807, 2.05) is 24.3 Å². The second-order valence-corrected chi connectivity index (χ2v) is 4.08. The van der Waals surface area contributed by atoms with Gasteiger partial charge in [-0.15, -0.1) is 0 Å². The van der Waals surface area contributed by atoms with Crippen molar-refractivity contribution in [3.8, 4) is 6.07 Å². The molecule has 0 fully saturated rings. The van der Waals surface area contributed by atoms with Gasteiger partial charge in [-0.3, -0.25) is 0 Å². The average Bonchev–Trinajstić information content (AvgIpc) is 2.27.